The molecule has 1 saturated heterocycles. The first-order chi connectivity index (χ1) is 8.58. The molecule has 0 aliphatic carbocycles. The molecule has 6 heteroatoms. The lowest BCUT2D eigenvalue weighted by atomic mass is 10.3. The molecule has 1 aromatic rings. The van der Waals surface area contributed by atoms with E-state index >= 15 is 0 Å². The number of rotatable bonds is 4. The Hall–Kier alpha value is -0.720. The Labute approximate surface area is 115 Å². The zero-order valence-corrected chi connectivity index (χ0v) is 12.5. The quantitative estimate of drug-likeness (QED) is 0.681. The number of Topliss-reactive ketones (excluding diaryl/α,β-unsaturated/α-hetero) is 1. The number of methoxy groups -OCH3 is 1. The molecule has 2 N–H and O–H groups in total. The third kappa shape index (κ3) is 2.37. The maximum absolute atomic E-state index is 11.6. The van der Waals surface area contributed by atoms with Crippen molar-refractivity contribution in [3.8, 4) is 0 Å². The Morgan fingerprint density at radius 3 is 2.83 bits per heavy atom. The number of carbonyl (C=O) groups excluding carboxylic acids is 1. The summed E-state index contributed by atoms with van der Waals surface area (Å²) in [7, 11) is 1.74. The fourth-order valence-electron chi connectivity index (χ4n) is 2.19. The second kappa shape index (κ2) is 5.50. The highest BCUT2D eigenvalue weighted by Crippen LogP contribution is 2.44. The molecule has 4 nitrogen and oxygen atoms in total. The van der Waals surface area contributed by atoms with E-state index in [4.69, 9.17) is 10.5 Å². The van der Waals surface area contributed by atoms with Crippen molar-refractivity contribution >= 4 is 39.6 Å². The van der Waals surface area contributed by atoms with Crippen LogP contribution >= 0.6 is 23.1 Å². The maximum Gasteiger partial charge on any atom is 0.171 e. The number of thioether (sulfide) groups is 1. The summed E-state index contributed by atoms with van der Waals surface area (Å²) in [6.45, 7) is 3.41. The number of nitrogens with zero attached hydrogens (tertiary/aromatic N) is 1. The summed E-state index contributed by atoms with van der Waals surface area (Å²) < 4.78 is 5.38. The van der Waals surface area contributed by atoms with Crippen molar-refractivity contribution in [3.63, 3.8) is 0 Å². The van der Waals surface area contributed by atoms with Crippen LogP contribution in [0.3, 0.4) is 0 Å². The molecule has 0 aromatic carbocycles. The Balaban J connectivity index is 2.33. The van der Waals surface area contributed by atoms with Crippen molar-refractivity contribution < 1.29 is 9.53 Å². The third-order valence-electron chi connectivity index (χ3n) is 3.17. The van der Waals surface area contributed by atoms with Crippen molar-refractivity contribution in [1.82, 2.24) is 0 Å². The lowest BCUT2D eigenvalue weighted by Gasteiger charge is -2.17. The summed E-state index contributed by atoms with van der Waals surface area (Å²) in [5.41, 5.74) is 6.70. The van der Waals surface area contributed by atoms with E-state index in [0.717, 1.165) is 29.4 Å². The smallest absolute Gasteiger partial charge is 0.171 e. The molecule has 1 unspecified atom stereocenters. The van der Waals surface area contributed by atoms with Gasteiger partial charge in [-0.3, -0.25) is 4.79 Å². The normalized spacial score (nSPS) is 19.5. The molecule has 1 aromatic heterocycles. The van der Waals surface area contributed by atoms with Crippen molar-refractivity contribution in [2.24, 2.45) is 0 Å². The van der Waals surface area contributed by atoms with Gasteiger partial charge in [-0.15, -0.1) is 23.1 Å². The molecular weight excluding hydrogens is 268 g/mol. The van der Waals surface area contributed by atoms with Gasteiger partial charge >= 0.3 is 0 Å². The molecule has 100 valence electrons. The molecule has 1 aliphatic rings. The number of nitrogen functional groups attached to an aromatic ring is 1. The molecule has 1 atom stereocenters. The van der Waals surface area contributed by atoms with Crippen LogP contribution < -0.4 is 10.6 Å². The lowest BCUT2D eigenvalue weighted by Crippen LogP contribution is -2.21. The van der Waals surface area contributed by atoms with Crippen LogP contribution in [0, 0.1) is 0 Å². The molecule has 0 bridgehead atoms. The van der Waals surface area contributed by atoms with Crippen LogP contribution in [0.5, 0.6) is 0 Å². The van der Waals surface area contributed by atoms with E-state index in [2.05, 4.69) is 4.90 Å². The first-order valence-electron chi connectivity index (χ1n) is 5.83. The zero-order valence-electron chi connectivity index (χ0n) is 10.9. The van der Waals surface area contributed by atoms with Crippen molar-refractivity contribution in [3.05, 3.63) is 4.88 Å². The molecule has 0 spiro atoms. The highest BCUT2D eigenvalue weighted by Gasteiger charge is 2.28. The fraction of sp³-hybridized carbons (Fsp3) is 0.583. The highest BCUT2D eigenvalue weighted by atomic mass is 32.2. The summed E-state index contributed by atoms with van der Waals surface area (Å²) in [4.78, 5) is 15.5. The van der Waals surface area contributed by atoms with Crippen molar-refractivity contribution in [2.45, 2.75) is 24.3 Å². The molecule has 0 amide bonds. The van der Waals surface area contributed by atoms with Crippen LogP contribution in [0.4, 0.5) is 10.7 Å². The number of ether oxygens (including phenoxy) is 1. The molecule has 1 aliphatic heterocycles. The summed E-state index contributed by atoms with van der Waals surface area (Å²) >= 11 is 3.11. The third-order valence-corrected chi connectivity index (χ3v) is 5.49. The number of ketones is 1. The van der Waals surface area contributed by atoms with Crippen LogP contribution in [0.25, 0.3) is 0 Å². The van der Waals surface area contributed by atoms with Gasteiger partial charge in [-0.25, -0.2) is 0 Å². The molecule has 2 rings (SSSR count). The van der Waals surface area contributed by atoms with E-state index in [0.29, 0.717) is 10.6 Å². The second-order valence-electron chi connectivity index (χ2n) is 4.33. The van der Waals surface area contributed by atoms with Gasteiger partial charge in [-0.2, -0.15) is 0 Å². The van der Waals surface area contributed by atoms with Gasteiger partial charge in [0, 0.05) is 27.1 Å². The first kappa shape index (κ1) is 13.7. The number of hydrogen-bond donors (Lipinski definition) is 1. The summed E-state index contributed by atoms with van der Waals surface area (Å²) in [6, 6.07) is 0. The molecule has 1 fully saturated rings. The van der Waals surface area contributed by atoms with E-state index in [9.17, 15) is 4.79 Å². The predicted molar refractivity (Wildman–Crippen MR) is 78.1 cm³/mol. The van der Waals surface area contributed by atoms with Gasteiger partial charge in [0.15, 0.2) is 5.78 Å². The Bertz CT molecular complexity index is 459. The standard InChI is InChI=1S/C12H18N2O2S2/c1-7(15)10-9(13)11(17-3)12(18-10)14-5-4-8(6-14)16-2/h8H,4-6,13H2,1-3H3. The fourth-order valence-corrected chi connectivity index (χ4v) is 4.30. The minimum Gasteiger partial charge on any atom is -0.396 e. The molecule has 0 saturated carbocycles. The highest BCUT2D eigenvalue weighted by molar-refractivity contribution is 7.99. The van der Waals surface area contributed by atoms with Gasteiger partial charge in [-0.1, -0.05) is 0 Å². The summed E-state index contributed by atoms with van der Waals surface area (Å²) in [5.74, 6) is 0.0431. The Morgan fingerprint density at radius 1 is 1.61 bits per heavy atom. The van der Waals surface area contributed by atoms with Gasteiger partial charge < -0.3 is 15.4 Å². The van der Waals surface area contributed by atoms with Gasteiger partial charge in [0.2, 0.25) is 0 Å². The summed E-state index contributed by atoms with van der Waals surface area (Å²) in [6.07, 6.45) is 3.30. The number of nitrogens with two attached hydrogens (primary N) is 1. The van der Waals surface area contributed by atoms with Crippen LogP contribution in [0.2, 0.25) is 0 Å². The molecule has 2 heterocycles. The van der Waals surface area contributed by atoms with Crippen molar-refractivity contribution in [2.75, 3.05) is 37.1 Å². The average Bonchev–Trinajstić information content (AvgIpc) is 2.92. The first-order valence-corrected chi connectivity index (χ1v) is 7.87. The van der Waals surface area contributed by atoms with E-state index in [1.165, 1.54) is 11.3 Å². The molecule has 0 radical (unpaired) electrons. The van der Waals surface area contributed by atoms with Gasteiger partial charge in [0.05, 0.1) is 21.6 Å². The minimum absolute atomic E-state index is 0.0431. The largest absolute Gasteiger partial charge is 0.396 e. The van der Waals surface area contributed by atoms with E-state index in [1.54, 1.807) is 25.8 Å². The second-order valence-corrected chi connectivity index (χ2v) is 6.15. The lowest BCUT2D eigenvalue weighted by molar-refractivity contribution is 0.102. The summed E-state index contributed by atoms with van der Waals surface area (Å²) in [5, 5.41) is 1.12. The molecule has 18 heavy (non-hydrogen) atoms. The van der Waals surface area contributed by atoms with Gasteiger partial charge in [0.1, 0.15) is 5.00 Å². The van der Waals surface area contributed by atoms with E-state index < -0.39 is 0 Å². The van der Waals surface area contributed by atoms with E-state index in [1.807, 2.05) is 6.26 Å². The number of anilines is 2. The zero-order chi connectivity index (χ0) is 13.3. The average molecular weight is 286 g/mol. The van der Waals surface area contributed by atoms with Crippen LogP contribution in [-0.4, -0.2) is 38.3 Å². The van der Waals surface area contributed by atoms with Crippen LogP contribution in [0.1, 0.15) is 23.0 Å². The van der Waals surface area contributed by atoms with Crippen LogP contribution in [-0.2, 0) is 4.74 Å². The number of hydrogen-bond acceptors (Lipinski definition) is 6. The van der Waals surface area contributed by atoms with Crippen LogP contribution in [0.15, 0.2) is 4.90 Å². The predicted octanol–water partition coefficient (Wildman–Crippen LogP) is 2.48. The van der Waals surface area contributed by atoms with E-state index in [-0.39, 0.29) is 11.9 Å². The van der Waals surface area contributed by atoms with Crippen molar-refractivity contribution in [1.29, 1.82) is 0 Å². The number of carbonyl (C=O) groups is 1. The topological polar surface area (TPSA) is 55.6 Å². The molecular formula is C12H18N2O2S2. The Morgan fingerprint density at radius 2 is 2.33 bits per heavy atom. The maximum atomic E-state index is 11.6. The van der Waals surface area contributed by atoms with Gasteiger partial charge in [0.25, 0.3) is 0 Å². The van der Waals surface area contributed by atoms with Gasteiger partial charge in [-0.05, 0) is 12.7 Å². The monoisotopic (exact) mass is 286 g/mol. The number of thiophene rings is 1. The SMILES string of the molecule is COC1CCN(c2sc(C(C)=O)c(N)c2SC)C1. The minimum atomic E-state index is 0.0431. The Kier molecular flexibility index (Phi) is 4.19.